The molecule has 0 aromatic heterocycles. The van der Waals surface area contributed by atoms with E-state index >= 15 is 0 Å². The zero-order valence-corrected chi connectivity index (χ0v) is 11.0. The number of carbonyl (C=O) groups is 2. The average molecular weight is 257 g/mol. The van der Waals surface area contributed by atoms with Crippen molar-refractivity contribution in [2.45, 2.75) is 25.0 Å². The van der Waals surface area contributed by atoms with Gasteiger partial charge in [0.2, 0.25) is 0 Å². The molecule has 0 fully saturated rings. The van der Waals surface area contributed by atoms with Crippen LogP contribution in [0, 0.1) is 5.41 Å². The van der Waals surface area contributed by atoms with Gasteiger partial charge in [-0.2, -0.15) is 0 Å². The number of methoxy groups -OCH3 is 1. The minimum Gasteiger partial charge on any atom is -0.481 e. The summed E-state index contributed by atoms with van der Waals surface area (Å²) in [4.78, 5) is 24.6. The second-order valence-electron chi connectivity index (χ2n) is 4.96. The van der Waals surface area contributed by atoms with Crippen LogP contribution in [0.3, 0.4) is 0 Å². The minimum atomic E-state index is -1.55. The van der Waals surface area contributed by atoms with E-state index in [1.807, 2.05) is 0 Å². The van der Waals surface area contributed by atoms with Crippen LogP contribution in [0.1, 0.15) is 13.3 Å². The van der Waals surface area contributed by atoms with Crippen LogP contribution in [0.2, 0.25) is 0 Å². The first kappa shape index (κ1) is 14.7. The van der Waals surface area contributed by atoms with Gasteiger partial charge in [-0.1, -0.05) is 12.2 Å². The number of hydrogen-bond donors (Lipinski definition) is 2. The highest BCUT2D eigenvalue weighted by molar-refractivity contribution is 5.85. The van der Waals surface area contributed by atoms with Crippen LogP contribution in [-0.4, -0.2) is 59.9 Å². The van der Waals surface area contributed by atoms with Gasteiger partial charge in [-0.3, -0.25) is 4.79 Å². The number of aliphatic carboxylic acids is 2. The standard InChI is InChI=1S/C12H19NO5/c1-11(9(14)15)6-5-7-12(18-4,10(16)17)8(11)13(2)3/h5-6,8H,7H2,1-4H3,(H,14,15)(H,16,17). The molecule has 1 aliphatic carbocycles. The summed E-state index contributed by atoms with van der Waals surface area (Å²) < 4.78 is 5.20. The van der Waals surface area contributed by atoms with E-state index in [0.29, 0.717) is 0 Å². The molecule has 0 spiro atoms. The van der Waals surface area contributed by atoms with E-state index in [0.717, 1.165) is 0 Å². The quantitative estimate of drug-likeness (QED) is 0.710. The maximum absolute atomic E-state index is 11.6. The fourth-order valence-electron chi connectivity index (χ4n) is 2.79. The Morgan fingerprint density at radius 1 is 1.33 bits per heavy atom. The Morgan fingerprint density at radius 3 is 2.22 bits per heavy atom. The predicted octanol–water partition coefficient (Wildman–Crippen LogP) is 0.437. The summed E-state index contributed by atoms with van der Waals surface area (Å²) in [7, 11) is 4.61. The van der Waals surface area contributed by atoms with Gasteiger partial charge in [0.05, 0.1) is 6.04 Å². The smallest absolute Gasteiger partial charge is 0.337 e. The number of nitrogens with zero attached hydrogens (tertiary/aromatic N) is 1. The largest absolute Gasteiger partial charge is 0.481 e. The maximum Gasteiger partial charge on any atom is 0.337 e. The Kier molecular flexibility index (Phi) is 3.83. The predicted molar refractivity (Wildman–Crippen MR) is 64.4 cm³/mol. The molecule has 6 heteroatoms. The van der Waals surface area contributed by atoms with Gasteiger partial charge in [-0.05, 0) is 21.0 Å². The summed E-state index contributed by atoms with van der Waals surface area (Å²) in [6.45, 7) is 1.51. The van der Waals surface area contributed by atoms with Crippen molar-refractivity contribution in [1.82, 2.24) is 4.90 Å². The molecule has 18 heavy (non-hydrogen) atoms. The minimum absolute atomic E-state index is 0.143. The SMILES string of the molecule is COC1(C(=O)O)CC=CC(C)(C(=O)O)C1N(C)C. The molecular weight excluding hydrogens is 238 g/mol. The van der Waals surface area contributed by atoms with Crippen molar-refractivity contribution in [3.05, 3.63) is 12.2 Å². The summed E-state index contributed by atoms with van der Waals surface area (Å²) in [6, 6.07) is -0.796. The molecule has 0 aliphatic heterocycles. The molecule has 0 bridgehead atoms. The van der Waals surface area contributed by atoms with Crippen molar-refractivity contribution >= 4 is 11.9 Å². The van der Waals surface area contributed by atoms with Gasteiger partial charge in [0.25, 0.3) is 0 Å². The van der Waals surface area contributed by atoms with Crippen LogP contribution in [0.5, 0.6) is 0 Å². The third kappa shape index (κ3) is 1.91. The Morgan fingerprint density at radius 2 is 1.89 bits per heavy atom. The van der Waals surface area contributed by atoms with E-state index in [1.165, 1.54) is 14.0 Å². The highest BCUT2D eigenvalue weighted by atomic mass is 16.5. The molecule has 3 unspecified atom stereocenters. The lowest BCUT2D eigenvalue weighted by Gasteiger charge is -2.48. The maximum atomic E-state index is 11.6. The second kappa shape index (κ2) is 4.70. The Bertz CT molecular complexity index is 392. The molecular formula is C12H19NO5. The molecule has 1 rings (SSSR count). The van der Waals surface area contributed by atoms with Crippen LogP contribution in [-0.2, 0) is 14.3 Å². The Balaban J connectivity index is 3.44. The molecule has 0 heterocycles. The average Bonchev–Trinajstić information content (AvgIpc) is 2.27. The van der Waals surface area contributed by atoms with E-state index in [1.54, 1.807) is 31.1 Å². The van der Waals surface area contributed by atoms with Gasteiger partial charge in [-0.25, -0.2) is 4.79 Å². The van der Waals surface area contributed by atoms with Crippen LogP contribution >= 0.6 is 0 Å². The molecule has 6 nitrogen and oxygen atoms in total. The highest BCUT2D eigenvalue weighted by Crippen LogP contribution is 2.42. The summed E-state index contributed by atoms with van der Waals surface area (Å²) in [5.74, 6) is -2.22. The molecule has 3 atom stereocenters. The summed E-state index contributed by atoms with van der Waals surface area (Å²) >= 11 is 0. The lowest BCUT2D eigenvalue weighted by molar-refractivity contribution is -0.183. The molecule has 0 radical (unpaired) electrons. The van der Waals surface area contributed by atoms with E-state index in [9.17, 15) is 19.8 Å². The fourth-order valence-corrected chi connectivity index (χ4v) is 2.79. The van der Waals surface area contributed by atoms with Crippen LogP contribution in [0.25, 0.3) is 0 Å². The van der Waals surface area contributed by atoms with Crippen molar-refractivity contribution in [3.63, 3.8) is 0 Å². The zero-order chi connectivity index (χ0) is 14.1. The van der Waals surface area contributed by atoms with Crippen molar-refractivity contribution in [1.29, 1.82) is 0 Å². The van der Waals surface area contributed by atoms with Crippen molar-refractivity contribution in [2.24, 2.45) is 5.41 Å². The van der Waals surface area contributed by atoms with E-state index in [-0.39, 0.29) is 6.42 Å². The molecule has 0 amide bonds. The first-order chi connectivity index (χ1) is 8.22. The van der Waals surface area contributed by atoms with Crippen LogP contribution in [0.15, 0.2) is 12.2 Å². The fraction of sp³-hybridized carbons (Fsp3) is 0.667. The van der Waals surface area contributed by atoms with E-state index < -0.39 is 29.0 Å². The Labute approximate surface area is 106 Å². The zero-order valence-electron chi connectivity index (χ0n) is 11.0. The van der Waals surface area contributed by atoms with Crippen molar-refractivity contribution < 1.29 is 24.5 Å². The van der Waals surface area contributed by atoms with E-state index in [2.05, 4.69) is 0 Å². The van der Waals surface area contributed by atoms with Gasteiger partial charge < -0.3 is 19.8 Å². The van der Waals surface area contributed by atoms with Crippen LogP contribution in [0.4, 0.5) is 0 Å². The lowest BCUT2D eigenvalue weighted by atomic mass is 9.67. The van der Waals surface area contributed by atoms with Gasteiger partial charge >= 0.3 is 11.9 Å². The molecule has 0 aromatic carbocycles. The van der Waals surface area contributed by atoms with Crippen molar-refractivity contribution in [3.8, 4) is 0 Å². The monoisotopic (exact) mass is 257 g/mol. The number of likely N-dealkylation sites (N-methyl/N-ethyl adjacent to an activating group) is 1. The molecule has 0 aromatic rings. The van der Waals surface area contributed by atoms with Crippen LogP contribution < -0.4 is 0 Å². The van der Waals surface area contributed by atoms with Crippen molar-refractivity contribution in [2.75, 3.05) is 21.2 Å². The normalized spacial score (nSPS) is 35.7. The summed E-state index contributed by atoms with van der Waals surface area (Å²) in [6.07, 6.45) is 3.25. The number of carboxylic acids is 2. The molecule has 1 aliphatic rings. The van der Waals surface area contributed by atoms with E-state index in [4.69, 9.17) is 4.74 Å². The molecule has 102 valence electrons. The van der Waals surface area contributed by atoms with Gasteiger partial charge in [0.15, 0.2) is 5.60 Å². The van der Waals surface area contributed by atoms with Gasteiger partial charge in [0.1, 0.15) is 5.41 Å². The van der Waals surface area contributed by atoms with Gasteiger partial charge in [-0.15, -0.1) is 0 Å². The van der Waals surface area contributed by atoms with Gasteiger partial charge in [0, 0.05) is 13.5 Å². The lowest BCUT2D eigenvalue weighted by Crippen LogP contribution is -2.65. The first-order valence-electron chi connectivity index (χ1n) is 5.58. The first-order valence-corrected chi connectivity index (χ1v) is 5.58. The molecule has 0 saturated carbocycles. The number of rotatable bonds is 4. The summed E-state index contributed by atoms with van der Waals surface area (Å²) in [5, 5.41) is 18.8. The summed E-state index contributed by atoms with van der Waals surface area (Å²) in [5.41, 5.74) is -2.86. The second-order valence-corrected chi connectivity index (χ2v) is 4.96. The topological polar surface area (TPSA) is 87.1 Å². The molecule has 2 N–H and O–H groups in total. The number of hydrogen-bond acceptors (Lipinski definition) is 4. The Hall–Kier alpha value is -1.40. The number of carboxylic acid groups (broad SMARTS) is 2. The number of ether oxygens (including phenoxy) is 1. The third-order valence-electron chi connectivity index (χ3n) is 3.60. The molecule has 0 saturated heterocycles. The third-order valence-corrected chi connectivity index (χ3v) is 3.60. The highest BCUT2D eigenvalue weighted by Gasteiger charge is 2.59.